The van der Waals surface area contributed by atoms with Gasteiger partial charge in [0.2, 0.25) is 0 Å². The minimum Gasteiger partial charge on any atom is -0.480 e. The lowest BCUT2D eigenvalue weighted by molar-refractivity contribution is -0.141. The average Bonchev–Trinajstić information content (AvgIpc) is 2.14. The molecule has 0 bridgehead atoms. The van der Waals surface area contributed by atoms with Gasteiger partial charge in [-0.05, 0) is 5.92 Å². The lowest BCUT2D eigenvalue weighted by atomic mass is 10.0. The molecule has 1 fully saturated rings. The van der Waals surface area contributed by atoms with Crippen molar-refractivity contribution < 1.29 is 15.0 Å². The Morgan fingerprint density at radius 2 is 2.30 bits per heavy atom. The van der Waals surface area contributed by atoms with Crippen LogP contribution in [0.15, 0.2) is 0 Å². The molecular formula is C6H11NO3. The number of aliphatic carboxylic acids is 1. The van der Waals surface area contributed by atoms with Crippen LogP contribution >= 0.6 is 0 Å². The first-order valence-corrected chi connectivity index (χ1v) is 3.27. The van der Waals surface area contributed by atoms with Crippen molar-refractivity contribution in [3.8, 4) is 0 Å². The van der Waals surface area contributed by atoms with Gasteiger partial charge in [0.15, 0.2) is 0 Å². The van der Waals surface area contributed by atoms with Crippen molar-refractivity contribution in [3.63, 3.8) is 0 Å². The van der Waals surface area contributed by atoms with Crippen LogP contribution in [0, 0.1) is 5.92 Å². The van der Waals surface area contributed by atoms with Gasteiger partial charge in [-0.3, -0.25) is 4.79 Å². The molecule has 0 aliphatic carbocycles. The highest BCUT2D eigenvalue weighted by atomic mass is 16.4. The van der Waals surface area contributed by atoms with Gasteiger partial charge in [0.25, 0.3) is 0 Å². The van der Waals surface area contributed by atoms with Gasteiger partial charge < -0.3 is 15.5 Å². The van der Waals surface area contributed by atoms with E-state index in [0.29, 0.717) is 6.54 Å². The van der Waals surface area contributed by atoms with Gasteiger partial charge in [0.05, 0.1) is 6.10 Å². The summed E-state index contributed by atoms with van der Waals surface area (Å²) < 4.78 is 0. The smallest absolute Gasteiger partial charge is 0.323 e. The number of carboxylic acids is 1. The summed E-state index contributed by atoms with van der Waals surface area (Å²) in [7, 11) is 0. The standard InChI is InChI=1S/C6H11NO3/c1-3-2-7-4(5(3)8)6(9)10/h3-5,7-8H,2H2,1H3,(H,9,10)/t3?,4-,5?/m0/s1. The summed E-state index contributed by atoms with van der Waals surface area (Å²) in [6, 6.07) is -0.769. The molecule has 10 heavy (non-hydrogen) atoms. The molecule has 3 N–H and O–H groups in total. The number of rotatable bonds is 1. The predicted molar refractivity (Wildman–Crippen MR) is 34.6 cm³/mol. The summed E-state index contributed by atoms with van der Waals surface area (Å²) in [6.45, 7) is 2.40. The Balaban J connectivity index is 2.57. The zero-order valence-electron chi connectivity index (χ0n) is 5.74. The Morgan fingerprint density at radius 3 is 2.50 bits per heavy atom. The molecule has 3 atom stereocenters. The fourth-order valence-electron chi connectivity index (χ4n) is 1.12. The molecule has 0 aromatic rings. The number of nitrogens with one attached hydrogen (secondary N) is 1. The van der Waals surface area contributed by atoms with Crippen LogP contribution in [0.4, 0.5) is 0 Å². The van der Waals surface area contributed by atoms with E-state index < -0.39 is 18.1 Å². The highest BCUT2D eigenvalue weighted by Crippen LogP contribution is 2.13. The van der Waals surface area contributed by atoms with E-state index in [1.165, 1.54) is 0 Å². The van der Waals surface area contributed by atoms with Crippen LogP contribution in [-0.2, 0) is 4.79 Å². The Hall–Kier alpha value is -0.610. The molecule has 0 radical (unpaired) electrons. The Morgan fingerprint density at radius 1 is 1.70 bits per heavy atom. The maximum absolute atomic E-state index is 10.3. The Labute approximate surface area is 58.9 Å². The van der Waals surface area contributed by atoms with Gasteiger partial charge in [-0.1, -0.05) is 6.92 Å². The molecular weight excluding hydrogens is 134 g/mol. The molecule has 1 saturated heterocycles. The molecule has 0 aromatic carbocycles. The third-order valence-electron chi connectivity index (χ3n) is 1.85. The minimum atomic E-state index is -0.975. The van der Waals surface area contributed by atoms with E-state index in [1.54, 1.807) is 0 Å². The van der Waals surface area contributed by atoms with Crippen LogP contribution in [-0.4, -0.2) is 34.9 Å². The predicted octanol–water partition coefficient (Wildman–Crippen LogP) is -0.960. The third-order valence-corrected chi connectivity index (χ3v) is 1.85. The molecule has 1 rings (SSSR count). The van der Waals surface area contributed by atoms with Crippen molar-refractivity contribution in [1.29, 1.82) is 0 Å². The normalized spacial score (nSPS) is 40.0. The third kappa shape index (κ3) is 1.12. The molecule has 4 nitrogen and oxygen atoms in total. The number of carbonyl (C=O) groups is 1. The topological polar surface area (TPSA) is 69.6 Å². The van der Waals surface area contributed by atoms with E-state index in [4.69, 9.17) is 5.11 Å². The lowest BCUT2D eigenvalue weighted by Crippen LogP contribution is -2.38. The number of aliphatic hydroxyl groups excluding tert-OH is 1. The monoisotopic (exact) mass is 145 g/mol. The Bertz CT molecular complexity index is 148. The van der Waals surface area contributed by atoms with Crippen LogP contribution < -0.4 is 5.32 Å². The van der Waals surface area contributed by atoms with Gasteiger partial charge in [0, 0.05) is 6.54 Å². The Kier molecular flexibility index (Phi) is 1.92. The van der Waals surface area contributed by atoms with Crippen molar-refractivity contribution in [2.75, 3.05) is 6.54 Å². The molecule has 0 spiro atoms. The molecule has 0 saturated carbocycles. The number of hydrogen-bond donors (Lipinski definition) is 3. The van der Waals surface area contributed by atoms with Crippen molar-refractivity contribution in [2.45, 2.75) is 19.1 Å². The average molecular weight is 145 g/mol. The van der Waals surface area contributed by atoms with Gasteiger partial charge in [-0.2, -0.15) is 0 Å². The quantitative estimate of drug-likeness (QED) is 0.444. The van der Waals surface area contributed by atoms with Gasteiger partial charge >= 0.3 is 5.97 Å². The van der Waals surface area contributed by atoms with Gasteiger partial charge in [-0.25, -0.2) is 0 Å². The van der Waals surface area contributed by atoms with E-state index in [-0.39, 0.29) is 5.92 Å². The summed E-state index contributed by atoms with van der Waals surface area (Å²) >= 11 is 0. The first-order chi connectivity index (χ1) is 4.63. The van der Waals surface area contributed by atoms with E-state index in [1.807, 2.05) is 6.92 Å². The highest BCUT2D eigenvalue weighted by Gasteiger charge is 2.35. The van der Waals surface area contributed by atoms with Crippen molar-refractivity contribution in [1.82, 2.24) is 5.32 Å². The summed E-state index contributed by atoms with van der Waals surface area (Å²) in [5.41, 5.74) is 0. The molecule has 1 aliphatic heterocycles. The fourth-order valence-corrected chi connectivity index (χ4v) is 1.12. The van der Waals surface area contributed by atoms with E-state index in [9.17, 15) is 9.90 Å². The summed E-state index contributed by atoms with van der Waals surface area (Å²) in [4.78, 5) is 10.3. The van der Waals surface area contributed by atoms with Crippen molar-refractivity contribution in [2.24, 2.45) is 5.92 Å². The molecule has 0 amide bonds. The zero-order chi connectivity index (χ0) is 7.72. The highest BCUT2D eigenvalue weighted by molar-refractivity contribution is 5.74. The largest absolute Gasteiger partial charge is 0.480 e. The molecule has 1 aliphatic rings. The molecule has 58 valence electrons. The zero-order valence-corrected chi connectivity index (χ0v) is 5.74. The summed E-state index contributed by atoms with van der Waals surface area (Å²) in [5, 5.41) is 20.4. The number of carboxylic acid groups (broad SMARTS) is 1. The number of aliphatic hydroxyl groups is 1. The summed E-state index contributed by atoms with van der Waals surface area (Å²) in [6.07, 6.45) is -0.738. The fraction of sp³-hybridized carbons (Fsp3) is 0.833. The maximum Gasteiger partial charge on any atom is 0.323 e. The molecule has 1 heterocycles. The first kappa shape index (κ1) is 7.50. The molecule has 0 aromatic heterocycles. The maximum atomic E-state index is 10.3. The van der Waals surface area contributed by atoms with Crippen LogP contribution in [0.1, 0.15) is 6.92 Å². The SMILES string of the molecule is CC1CN[C@H](C(=O)O)C1O. The van der Waals surface area contributed by atoms with E-state index in [0.717, 1.165) is 0 Å². The van der Waals surface area contributed by atoms with E-state index >= 15 is 0 Å². The molecule has 4 heteroatoms. The van der Waals surface area contributed by atoms with Crippen LogP contribution in [0.25, 0.3) is 0 Å². The van der Waals surface area contributed by atoms with E-state index in [2.05, 4.69) is 5.32 Å². The van der Waals surface area contributed by atoms with Crippen LogP contribution in [0.3, 0.4) is 0 Å². The lowest BCUT2D eigenvalue weighted by Gasteiger charge is -2.10. The second-order valence-electron chi connectivity index (χ2n) is 2.69. The van der Waals surface area contributed by atoms with Crippen LogP contribution in [0.2, 0.25) is 0 Å². The van der Waals surface area contributed by atoms with Gasteiger partial charge in [0.1, 0.15) is 6.04 Å². The second-order valence-corrected chi connectivity index (χ2v) is 2.69. The van der Waals surface area contributed by atoms with Crippen molar-refractivity contribution >= 4 is 5.97 Å². The van der Waals surface area contributed by atoms with Crippen LogP contribution in [0.5, 0.6) is 0 Å². The summed E-state index contributed by atoms with van der Waals surface area (Å²) in [5.74, 6) is -0.932. The number of hydrogen-bond acceptors (Lipinski definition) is 3. The second kappa shape index (κ2) is 2.56. The van der Waals surface area contributed by atoms with Gasteiger partial charge in [-0.15, -0.1) is 0 Å². The molecule has 2 unspecified atom stereocenters. The minimum absolute atomic E-state index is 0.0427. The van der Waals surface area contributed by atoms with Crippen molar-refractivity contribution in [3.05, 3.63) is 0 Å². The first-order valence-electron chi connectivity index (χ1n) is 3.27.